The molecule has 2 aromatic rings. The molecule has 0 N–H and O–H groups in total. The molecule has 0 aliphatic rings. The lowest BCUT2D eigenvalue weighted by Gasteiger charge is -2.17. The van der Waals surface area contributed by atoms with Crippen molar-refractivity contribution >= 4 is 35.8 Å². The number of nitrogens with zero attached hydrogens (tertiary/aromatic N) is 4. The largest absolute Gasteiger partial charge is 0.425 e. The summed E-state index contributed by atoms with van der Waals surface area (Å²) in [6.45, 7) is 4.79. The van der Waals surface area contributed by atoms with Gasteiger partial charge >= 0.3 is 5.13 Å². The van der Waals surface area contributed by atoms with Gasteiger partial charge in [0, 0.05) is 17.6 Å². The first-order valence-electron chi connectivity index (χ1n) is 6.09. The van der Waals surface area contributed by atoms with Crippen LogP contribution < -0.4 is 9.38 Å². The number of aryl methyl sites for hydroxylation is 2. The quantitative estimate of drug-likeness (QED) is 0.477. The van der Waals surface area contributed by atoms with Crippen LogP contribution in [0.5, 0.6) is 0 Å². The molecule has 0 aliphatic heterocycles. The third kappa shape index (κ3) is 3.20. The molecule has 0 unspecified atom stereocenters. The normalized spacial score (nSPS) is 11.1. The van der Waals surface area contributed by atoms with Crippen LogP contribution in [0.2, 0.25) is 0 Å². The highest BCUT2D eigenvalue weighted by Gasteiger charge is 2.08. The second kappa shape index (κ2) is 5.97. The van der Waals surface area contributed by atoms with Gasteiger partial charge in [0.25, 0.3) is 0 Å². The first-order chi connectivity index (χ1) is 9.11. The Morgan fingerprint density at radius 2 is 2.16 bits per heavy atom. The first kappa shape index (κ1) is 13.7. The zero-order valence-electron chi connectivity index (χ0n) is 11.4. The average molecular weight is 271 g/mol. The van der Waals surface area contributed by atoms with Crippen molar-refractivity contribution in [2.45, 2.75) is 13.8 Å². The predicted octanol–water partition coefficient (Wildman–Crippen LogP) is 3.21. The molecule has 19 heavy (non-hydrogen) atoms. The van der Waals surface area contributed by atoms with E-state index in [4.69, 9.17) is 7.98 Å². The molecule has 2 radical (unpaired) electrons. The van der Waals surface area contributed by atoms with E-state index < -0.39 is 0 Å². The van der Waals surface area contributed by atoms with Crippen LogP contribution in [0.15, 0.2) is 40.0 Å². The maximum Gasteiger partial charge on any atom is 0.408 e. The van der Waals surface area contributed by atoms with E-state index in [9.17, 15) is 0 Å². The van der Waals surface area contributed by atoms with Crippen molar-refractivity contribution in [3.8, 4) is 0 Å². The van der Waals surface area contributed by atoms with Crippen LogP contribution in [0.4, 0.5) is 16.5 Å². The molecular formula is C13H16BN4S+. The van der Waals surface area contributed by atoms with E-state index in [0.29, 0.717) is 0 Å². The fraction of sp³-hybridized carbons (Fsp3) is 0.308. The number of rotatable bonds is 4. The van der Waals surface area contributed by atoms with Crippen molar-refractivity contribution < 1.29 is 4.57 Å². The van der Waals surface area contributed by atoms with Gasteiger partial charge in [-0.1, -0.05) is 0 Å². The molecule has 1 aromatic heterocycles. The van der Waals surface area contributed by atoms with Gasteiger partial charge in [0.2, 0.25) is 7.98 Å². The van der Waals surface area contributed by atoms with E-state index in [1.807, 2.05) is 55.2 Å². The second-order valence-corrected chi connectivity index (χ2v) is 5.13. The molecule has 96 valence electrons. The van der Waals surface area contributed by atoms with Crippen molar-refractivity contribution in [3.63, 3.8) is 0 Å². The van der Waals surface area contributed by atoms with E-state index in [1.165, 1.54) is 0 Å². The highest BCUT2D eigenvalue weighted by Crippen LogP contribution is 2.26. The molecule has 0 bridgehead atoms. The summed E-state index contributed by atoms with van der Waals surface area (Å²) in [5.74, 6) is 0. The monoisotopic (exact) mass is 271 g/mol. The third-order valence-electron chi connectivity index (χ3n) is 2.86. The summed E-state index contributed by atoms with van der Waals surface area (Å²) < 4.78 is 1.94. The molecule has 2 rings (SSSR count). The third-order valence-corrected chi connectivity index (χ3v) is 3.69. The van der Waals surface area contributed by atoms with Crippen LogP contribution in [-0.4, -0.2) is 14.5 Å². The summed E-state index contributed by atoms with van der Waals surface area (Å²) in [5.41, 5.74) is 2.91. The van der Waals surface area contributed by atoms with Crippen molar-refractivity contribution in [1.29, 1.82) is 0 Å². The summed E-state index contributed by atoms with van der Waals surface area (Å²) in [5, 5.41) is 11.4. The van der Waals surface area contributed by atoms with Crippen molar-refractivity contribution in [2.24, 2.45) is 17.3 Å². The van der Waals surface area contributed by atoms with Gasteiger partial charge in [-0.3, -0.25) is 0 Å². The molecule has 0 amide bonds. The summed E-state index contributed by atoms with van der Waals surface area (Å²) in [6.07, 6.45) is 1.96. The number of anilines is 1. The summed E-state index contributed by atoms with van der Waals surface area (Å²) >= 11 is 1.56. The number of benzene rings is 1. The van der Waals surface area contributed by atoms with Gasteiger partial charge in [-0.05, 0) is 54.1 Å². The van der Waals surface area contributed by atoms with Crippen LogP contribution in [0, 0.1) is 6.92 Å². The smallest absolute Gasteiger partial charge is 0.408 e. The van der Waals surface area contributed by atoms with Gasteiger partial charge in [-0.15, -0.1) is 0 Å². The van der Waals surface area contributed by atoms with Gasteiger partial charge in [-0.2, -0.15) is 0 Å². The lowest BCUT2D eigenvalue weighted by atomic mass is 10.1. The Morgan fingerprint density at radius 1 is 1.37 bits per heavy atom. The zero-order chi connectivity index (χ0) is 13.8. The van der Waals surface area contributed by atoms with Crippen LogP contribution in [0.1, 0.15) is 12.5 Å². The predicted molar refractivity (Wildman–Crippen MR) is 79.6 cm³/mol. The lowest BCUT2D eigenvalue weighted by molar-refractivity contribution is -0.654. The first-order valence-corrected chi connectivity index (χ1v) is 6.97. The van der Waals surface area contributed by atoms with Gasteiger partial charge < -0.3 is 4.81 Å². The van der Waals surface area contributed by atoms with Gasteiger partial charge in [0.05, 0.1) is 12.2 Å². The van der Waals surface area contributed by atoms with Crippen LogP contribution >= 0.6 is 11.3 Å². The molecule has 1 aromatic carbocycles. The van der Waals surface area contributed by atoms with E-state index >= 15 is 0 Å². The number of aromatic nitrogens is 1. The Kier molecular flexibility index (Phi) is 4.32. The molecule has 0 saturated carbocycles. The summed E-state index contributed by atoms with van der Waals surface area (Å²) in [7, 11) is 7.81. The number of hydrogen-bond donors (Lipinski definition) is 0. The standard InChI is InChI=1S/C13H16BN4S/c1-4-18(14)11-5-6-12(10(2)9-11)15-16-13-17(3)7-8-19-13/h5-9H,4H2,1-3H3/q+1. The zero-order valence-corrected chi connectivity index (χ0v) is 12.2. The molecule has 0 fully saturated rings. The van der Waals surface area contributed by atoms with E-state index in [1.54, 1.807) is 16.1 Å². The Hall–Kier alpha value is -1.69. The van der Waals surface area contributed by atoms with Gasteiger partial charge in [0.1, 0.15) is 11.9 Å². The Labute approximate surface area is 118 Å². The topological polar surface area (TPSA) is 31.8 Å². The molecule has 0 aliphatic carbocycles. The Morgan fingerprint density at radius 3 is 2.74 bits per heavy atom. The second-order valence-electron chi connectivity index (χ2n) is 4.25. The van der Waals surface area contributed by atoms with Crippen LogP contribution in [-0.2, 0) is 7.05 Å². The van der Waals surface area contributed by atoms with E-state index in [-0.39, 0.29) is 0 Å². The lowest BCUT2D eigenvalue weighted by Crippen LogP contribution is -2.23. The Bertz CT molecular complexity index is 594. The van der Waals surface area contributed by atoms with Crippen LogP contribution in [0.3, 0.4) is 0 Å². The maximum absolute atomic E-state index is 5.86. The average Bonchev–Trinajstić information content (AvgIpc) is 2.82. The number of azo groups is 1. The number of hydrogen-bond acceptors (Lipinski definition) is 4. The molecular weight excluding hydrogens is 255 g/mol. The molecule has 0 spiro atoms. The van der Waals surface area contributed by atoms with Crippen molar-refractivity contribution in [1.82, 2.24) is 0 Å². The molecule has 4 nitrogen and oxygen atoms in total. The van der Waals surface area contributed by atoms with Gasteiger partial charge in [-0.25, -0.2) is 4.57 Å². The fourth-order valence-electron chi connectivity index (χ4n) is 1.63. The molecule has 1 heterocycles. The molecule has 6 heteroatoms. The minimum absolute atomic E-state index is 0.769. The molecule has 0 atom stereocenters. The highest BCUT2D eigenvalue weighted by atomic mass is 32.1. The van der Waals surface area contributed by atoms with Crippen molar-refractivity contribution in [3.05, 3.63) is 35.3 Å². The van der Waals surface area contributed by atoms with E-state index in [0.717, 1.165) is 28.6 Å². The molecule has 0 saturated heterocycles. The summed E-state index contributed by atoms with van der Waals surface area (Å²) in [4.78, 5) is 1.70. The summed E-state index contributed by atoms with van der Waals surface area (Å²) in [6, 6.07) is 5.92. The highest BCUT2D eigenvalue weighted by molar-refractivity contribution is 7.12. The SMILES string of the molecule is [B]N(CC)c1ccc(N=Nc2scc[n+]2C)c(C)c1. The number of thiazole rings is 1. The Balaban J connectivity index is 2.22. The van der Waals surface area contributed by atoms with E-state index in [2.05, 4.69) is 10.2 Å². The fourth-order valence-corrected chi connectivity index (χ4v) is 2.31. The minimum atomic E-state index is 0.769. The minimum Gasteiger partial charge on any atom is -0.425 e. The van der Waals surface area contributed by atoms with Crippen molar-refractivity contribution in [2.75, 3.05) is 11.4 Å². The van der Waals surface area contributed by atoms with Crippen LogP contribution in [0.25, 0.3) is 0 Å². The van der Waals surface area contributed by atoms with Gasteiger partial charge in [0.15, 0.2) is 0 Å². The maximum atomic E-state index is 5.86.